The maximum atomic E-state index is 12.0. The zero-order valence-electron chi connectivity index (χ0n) is 12.6. The number of aliphatic hydroxyl groups is 1. The molecule has 0 radical (unpaired) electrons. The Morgan fingerprint density at radius 2 is 2.05 bits per heavy atom. The van der Waals surface area contributed by atoms with E-state index in [1.165, 1.54) is 6.07 Å². The quantitative estimate of drug-likeness (QED) is 0.515. The number of hydrogen-bond acceptors (Lipinski definition) is 5. The third-order valence-electron chi connectivity index (χ3n) is 3.37. The van der Waals surface area contributed by atoms with Crippen LogP contribution in [0.4, 0.5) is 11.4 Å². The lowest BCUT2D eigenvalue weighted by Gasteiger charge is -2.17. The lowest BCUT2D eigenvalue weighted by atomic mass is 10.0. The van der Waals surface area contributed by atoms with E-state index in [1.54, 1.807) is 19.1 Å². The Morgan fingerprint density at radius 1 is 1.33 bits per heavy atom. The minimum absolute atomic E-state index is 0.143. The first-order valence-corrected chi connectivity index (χ1v) is 8.66. The minimum atomic E-state index is -3.49. The number of sulfonamides is 1. The molecule has 0 aliphatic carbocycles. The molecule has 1 aromatic carbocycles. The molecule has 0 spiro atoms. The second-order valence-electron chi connectivity index (χ2n) is 4.92. The van der Waals surface area contributed by atoms with Crippen LogP contribution in [-0.4, -0.2) is 33.2 Å². The van der Waals surface area contributed by atoms with Crippen molar-refractivity contribution < 1.29 is 13.5 Å². The standard InChI is InChI=1S/C14H25N3O3S/c1-3-11(7-8-18)10-16-14-9-12(5-6-13(14)15)21(19,20)17-4-2/h5-6,9,11,16-18H,3-4,7-8,10,15H2,1-2H3. The van der Waals surface area contributed by atoms with E-state index in [2.05, 4.69) is 17.0 Å². The van der Waals surface area contributed by atoms with Gasteiger partial charge in [-0.1, -0.05) is 20.3 Å². The molecule has 0 fully saturated rings. The van der Waals surface area contributed by atoms with Crippen LogP contribution >= 0.6 is 0 Å². The Hall–Kier alpha value is -1.31. The molecule has 1 atom stereocenters. The Balaban J connectivity index is 2.88. The predicted octanol–water partition coefficient (Wildman–Crippen LogP) is 1.39. The first-order valence-electron chi connectivity index (χ1n) is 7.18. The molecule has 1 aromatic rings. The van der Waals surface area contributed by atoms with Gasteiger partial charge in [-0.25, -0.2) is 13.1 Å². The summed E-state index contributed by atoms with van der Waals surface area (Å²) in [5.41, 5.74) is 6.99. The smallest absolute Gasteiger partial charge is 0.240 e. The zero-order chi connectivity index (χ0) is 15.9. The molecule has 21 heavy (non-hydrogen) atoms. The van der Waals surface area contributed by atoms with Gasteiger partial charge in [-0.3, -0.25) is 0 Å². The van der Waals surface area contributed by atoms with Crippen LogP contribution in [0.1, 0.15) is 26.7 Å². The average molecular weight is 315 g/mol. The van der Waals surface area contributed by atoms with Crippen molar-refractivity contribution in [1.82, 2.24) is 4.72 Å². The maximum absolute atomic E-state index is 12.0. The van der Waals surface area contributed by atoms with Gasteiger partial charge in [0.25, 0.3) is 0 Å². The zero-order valence-corrected chi connectivity index (χ0v) is 13.4. The highest BCUT2D eigenvalue weighted by Gasteiger charge is 2.15. The molecule has 0 saturated carbocycles. The number of rotatable bonds is 9. The van der Waals surface area contributed by atoms with Gasteiger partial charge in [0, 0.05) is 19.7 Å². The van der Waals surface area contributed by atoms with Crippen LogP contribution in [-0.2, 0) is 10.0 Å². The summed E-state index contributed by atoms with van der Waals surface area (Å²) < 4.78 is 26.4. The average Bonchev–Trinajstić information content (AvgIpc) is 2.44. The summed E-state index contributed by atoms with van der Waals surface area (Å²) in [7, 11) is -3.49. The second kappa shape index (κ2) is 8.21. The van der Waals surface area contributed by atoms with Gasteiger partial charge < -0.3 is 16.2 Å². The van der Waals surface area contributed by atoms with Crippen LogP contribution in [0.5, 0.6) is 0 Å². The fraction of sp³-hybridized carbons (Fsp3) is 0.571. The fourth-order valence-corrected chi connectivity index (χ4v) is 3.08. The molecule has 0 amide bonds. The van der Waals surface area contributed by atoms with E-state index in [9.17, 15) is 8.42 Å². The van der Waals surface area contributed by atoms with Crippen molar-refractivity contribution in [2.45, 2.75) is 31.6 Å². The van der Waals surface area contributed by atoms with E-state index in [0.717, 1.165) is 6.42 Å². The number of benzene rings is 1. The van der Waals surface area contributed by atoms with Crippen LogP contribution in [0.3, 0.4) is 0 Å². The van der Waals surface area contributed by atoms with E-state index in [4.69, 9.17) is 10.8 Å². The van der Waals surface area contributed by atoms with Gasteiger partial charge in [-0.15, -0.1) is 0 Å². The number of nitrogen functional groups attached to an aromatic ring is 1. The summed E-state index contributed by atoms with van der Waals surface area (Å²) in [6, 6.07) is 4.61. The normalized spacial score (nSPS) is 13.1. The molecular formula is C14H25N3O3S. The van der Waals surface area contributed by atoms with Crippen molar-refractivity contribution in [1.29, 1.82) is 0 Å². The Bertz CT molecular complexity index is 546. The Kier molecular flexibility index (Phi) is 6.94. The largest absolute Gasteiger partial charge is 0.397 e. The summed E-state index contributed by atoms with van der Waals surface area (Å²) >= 11 is 0. The van der Waals surface area contributed by atoms with Crippen LogP contribution < -0.4 is 15.8 Å². The molecule has 0 aliphatic rings. The van der Waals surface area contributed by atoms with Crippen LogP contribution in [0.15, 0.2) is 23.1 Å². The van der Waals surface area contributed by atoms with Gasteiger partial charge in [0.1, 0.15) is 0 Å². The number of nitrogens with two attached hydrogens (primary N) is 1. The van der Waals surface area contributed by atoms with Crippen molar-refractivity contribution in [3.05, 3.63) is 18.2 Å². The number of aliphatic hydroxyl groups excluding tert-OH is 1. The Morgan fingerprint density at radius 3 is 2.62 bits per heavy atom. The highest BCUT2D eigenvalue weighted by molar-refractivity contribution is 7.89. The third-order valence-corrected chi connectivity index (χ3v) is 4.91. The van der Waals surface area contributed by atoms with Crippen molar-refractivity contribution in [3.63, 3.8) is 0 Å². The molecule has 6 nitrogen and oxygen atoms in total. The first kappa shape index (κ1) is 17.7. The van der Waals surface area contributed by atoms with Crippen LogP contribution in [0.2, 0.25) is 0 Å². The van der Waals surface area contributed by atoms with Crippen molar-refractivity contribution >= 4 is 21.4 Å². The fourth-order valence-electron chi connectivity index (χ4n) is 2.02. The molecule has 0 bridgehead atoms. The van der Waals surface area contributed by atoms with Gasteiger partial charge in [0.05, 0.1) is 16.3 Å². The molecule has 0 heterocycles. The number of nitrogens with one attached hydrogen (secondary N) is 2. The summed E-state index contributed by atoms with van der Waals surface area (Å²) in [6.45, 7) is 4.91. The molecule has 1 rings (SSSR count). The number of anilines is 2. The van der Waals surface area contributed by atoms with E-state index in [-0.39, 0.29) is 11.5 Å². The van der Waals surface area contributed by atoms with Gasteiger partial charge in [-0.05, 0) is 30.5 Å². The summed E-state index contributed by atoms with van der Waals surface area (Å²) in [5, 5.41) is 12.2. The summed E-state index contributed by atoms with van der Waals surface area (Å²) in [5.74, 6) is 0.323. The molecule has 0 aromatic heterocycles. The van der Waals surface area contributed by atoms with Crippen LogP contribution in [0.25, 0.3) is 0 Å². The van der Waals surface area contributed by atoms with E-state index in [0.29, 0.717) is 36.8 Å². The molecule has 0 saturated heterocycles. The van der Waals surface area contributed by atoms with E-state index >= 15 is 0 Å². The van der Waals surface area contributed by atoms with Gasteiger partial charge in [0.15, 0.2) is 0 Å². The van der Waals surface area contributed by atoms with Gasteiger partial charge in [-0.2, -0.15) is 0 Å². The minimum Gasteiger partial charge on any atom is -0.397 e. The third kappa shape index (κ3) is 5.18. The topological polar surface area (TPSA) is 104 Å². The predicted molar refractivity (Wildman–Crippen MR) is 85.7 cm³/mol. The maximum Gasteiger partial charge on any atom is 0.240 e. The first-order chi connectivity index (χ1) is 9.94. The van der Waals surface area contributed by atoms with Gasteiger partial charge >= 0.3 is 0 Å². The lowest BCUT2D eigenvalue weighted by Crippen LogP contribution is -2.23. The van der Waals surface area contributed by atoms with E-state index < -0.39 is 10.0 Å². The monoisotopic (exact) mass is 315 g/mol. The molecule has 7 heteroatoms. The highest BCUT2D eigenvalue weighted by Crippen LogP contribution is 2.23. The molecular weight excluding hydrogens is 290 g/mol. The molecule has 1 unspecified atom stereocenters. The van der Waals surface area contributed by atoms with Crippen molar-refractivity contribution in [2.24, 2.45) is 5.92 Å². The summed E-state index contributed by atoms with van der Waals surface area (Å²) in [4.78, 5) is 0.191. The lowest BCUT2D eigenvalue weighted by molar-refractivity contribution is 0.258. The van der Waals surface area contributed by atoms with E-state index in [1.807, 2.05) is 0 Å². The van der Waals surface area contributed by atoms with Crippen LogP contribution in [0, 0.1) is 5.92 Å². The molecule has 5 N–H and O–H groups in total. The molecule has 0 aliphatic heterocycles. The van der Waals surface area contributed by atoms with Gasteiger partial charge in [0.2, 0.25) is 10.0 Å². The molecule has 120 valence electrons. The van der Waals surface area contributed by atoms with Crippen molar-refractivity contribution in [3.8, 4) is 0 Å². The van der Waals surface area contributed by atoms with Crippen molar-refractivity contribution in [2.75, 3.05) is 30.7 Å². The Labute approximate surface area is 126 Å². The SMILES string of the molecule is CCNS(=O)(=O)c1ccc(N)c(NCC(CC)CCO)c1. The summed E-state index contributed by atoms with van der Waals surface area (Å²) in [6.07, 6.45) is 1.64. The highest BCUT2D eigenvalue weighted by atomic mass is 32.2. The number of hydrogen-bond donors (Lipinski definition) is 4. The second-order valence-corrected chi connectivity index (χ2v) is 6.68.